The van der Waals surface area contributed by atoms with E-state index in [9.17, 15) is 0 Å². The zero-order chi connectivity index (χ0) is 14.0. The van der Waals surface area contributed by atoms with Crippen LogP contribution in [0.5, 0.6) is 0 Å². The molecule has 0 amide bonds. The van der Waals surface area contributed by atoms with Crippen LogP contribution in [-0.2, 0) is 9.47 Å². The quantitative estimate of drug-likeness (QED) is 0.329. The van der Waals surface area contributed by atoms with E-state index < -0.39 is 17.6 Å². The van der Waals surface area contributed by atoms with Crippen molar-refractivity contribution in [1.29, 1.82) is 0 Å². The van der Waals surface area contributed by atoms with Gasteiger partial charge in [-0.2, -0.15) is 0 Å². The van der Waals surface area contributed by atoms with E-state index >= 15 is 0 Å². The Hall–Kier alpha value is 1.05. The highest BCUT2D eigenvalue weighted by Gasteiger charge is 2.14. The van der Waals surface area contributed by atoms with Gasteiger partial charge in [0.1, 0.15) is 0 Å². The summed E-state index contributed by atoms with van der Waals surface area (Å²) in [7, 11) is 6.42. The lowest BCUT2D eigenvalue weighted by Crippen LogP contribution is -2.27. The maximum atomic E-state index is 5.53. The van der Waals surface area contributed by atoms with Gasteiger partial charge in [-0.1, -0.05) is 47.8 Å². The van der Waals surface area contributed by atoms with Gasteiger partial charge in [0.05, 0.1) is 17.6 Å². The highest BCUT2D eigenvalue weighted by Crippen LogP contribution is 2.25. The molecule has 2 unspecified atom stereocenters. The van der Waals surface area contributed by atoms with Crippen LogP contribution in [0.3, 0.4) is 0 Å². The number of hydrogen-bond acceptors (Lipinski definition) is 4. The van der Waals surface area contributed by atoms with E-state index in [2.05, 4.69) is 26.2 Å². The third kappa shape index (κ3) is 9.04. The van der Waals surface area contributed by atoms with Gasteiger partial charge in [-0.3, -0.25) is 0 Å². The second-order valence-corrected chi connectivity index (χ2v) is 14.4. The molecule has 0 heterocycles. The predicted molar refractivity (Wildman–Crippen MR) is 93.5 cm³/mol. The first-order valence-corrected chi connectivity index (χ1v) is 15.3. The molecule has 6 heteroatoms. The van der Waals surface area contributed by atoms with Crippen molar-refractivity contribution in [1.82, 2.24) is 0 Å². The summed E-state index contributed by atoms with van der Waals surface area (Å²) in [5.74, 6) is 2.43. The van der Waals surface area contributed by atoms with Crippen molar-refractivity contribution in [2.45, 2.75) is 50.5 Å². The molecule has 2 nitrogen and oxygen atoms in total. The Bertz CT molecular complexity index is 175. The maximum Gasteiger partial charge on any atom is 0.0656 e. The Labute approximate surface area is 125 Å². The molecule has 0 saturated carbocycles. The summed E-state index contributed by atoms with van der Waals surface area (Å²) >= 11 is 0. The summed E-state index contributed by atoms with van der Waals surface area (Å²) < 4.78 is 11.1. The minimum atomic E-state index is -0.638. The molecule has 0 aliphatic rings. The molecule has 0 fully saturated rings. The smallest absolute Gasteiger partial charge is 0.0656 e. The summed E-state index contributed by atoms with van der Waals surface area (Å²) in [6.45, 7) is 9.45. The Morgan fingerprint density at radius 2 is 1.11 bits per heavy atom. The second-order valence-electron chi connectivity index (χ2n) is 5.26. The summed E-state index contributed by atoms with van der Waals surface area (Å²) in [5, 5.41) is 0. The molecule has 18 heavy (non-hydrogen) atoms. The van der Waals surface area contributed by atoms with E-state index in [1.54, 1.807) is 0 Å². The van der Waals surface area contributed by atoms with Crippen LogP contribution in [-0.4, -0.2) is 54.8 Å². The van der Waals surface area contributed by atoms with Crippen LogP contribution in [0.1, 0.15) is 12.8 Å². The Morgan fingerprint density at radius 3 is 1.33 bits per heavy atom. The van der Waals surface area contributed by atoms with Crippen molar-refractivity contribution in [2.24, 2.45) is 0 Å². The zero-order valence-electron chi connectivity index (χ0n) is 12.8. The van der Waals surface area contributed by atoms with Crippen molar-refractivity contribution < 1.29 is 9.47 Å². The zero-order valence-corrected chi connectivity index (χ0v) is 16.7. The molecule has 0 aromatic rings. The van der Waals surface area contributed by atoms with Gasteiger partial charge >= 0.3 is 0 Å². The first kappa shape index (κ1) is 19.1. The lowest BCUT2D eigenvalue weighted by molar-refractivity contribution is 0.159. The molecule has 0 aromatic carbocycles. The summed E-state index contributed by atoms with van der Waals surface area (Å²) in [4.78, 5) is 0. The Balaban J connectivity index is 3.51. The van der Waals surface area contributed by atoms with Gasteiger partial charge in [0.2, 0.25) is 0 Å². The second kappa shape index (κ2) is 11.8. The largest absolute Gasteiger partial charge is 0.385 e. The van der Waals surface area contributed by atoms with Crippen molar-refractivity contribution in [3.8, 4) is 0 Å². The fourth-order valence-electron chi connectivity index (χ4n) is 1.89. The molecule has 0 spiro atoms. The van der Waals surface area contributed by atoms with Gasteiger partial charge in [-0.05, 0) is 12.8 Å². The minimum Gasteiger partial charge on any atom is -0.385 e. The van der Waals surface area contributed by atoms with Crippen LogP contribution >= 0.6 is 21.6 Å². The molecule has 2 atom stereocenters. The first-order valence-electron chi connectivity index (χ1n) is 6.82. The van der Waals surface area contributed by atoms with Crippen molar-refractivity contribution in [2.75, 3.05) is 25.7 Å². The van der Waals surface area contributed by atoms with Gasteiger partial charge in [0, 0.05) is 37.2 Å². The molecule has 0 aliphatic carbocycles. The highest BCUT2D eigenvalue weighted by atomic mass is 33.1. The van der Waals surface area contributed by atoms with Crippen LogP contribution in [0.25, 0.3) is 0 Å². The third-order valence-electron chi connectivity index (χ3n) is 3.15. The molecule has 0 aromatic heterocycles. The molecule has 0 rings (SSSR count). The fourth-order valence-corrected chi connectivity index (χ4v) is 7.31. The Kier molecular flexibility index (Phi) is 12.5. The molecule has 0 saturated heterocycles. The summed E-state index contributed by atoms with van der Waals surface area (Å²) in [6.07, 6.45) is 2.43. The first-order chi connectivity index (χ1) is 8.52. The van der Waals surface area contributed by atoms with E-state index in [-0.39, 0.29) is 0 Å². The highest BCUT2D eigenvalue weighted by molar-refractivity contribution is 8.76. The molecular formula is C12H30O2S2Si2. The van der Waals surface area contributed by atoms with E-state index in [4.69, 9.17) is 9.47 Å². The van der Waals surface area contributed by atoms with Crippen LogP contribution in [0, 0.1) is 0 Å². The van der Waals surface area contributed by atoms with E-state index in [1.807, 2.05) is 35.8 Å². The average Bonchev–Trinajstić information content (AvgIpc) is 2.32. The van der Waals surface area contributed by atoms with Crippen LogP contribution < -0.4 is 0 Å². The number of ether oxygens (including phenoxy) is 2. The molecule has 0 N–H and O–H groups in total. The van der Waals surface area contributed by atoms with Gasteiger partial charge < -0.3 is 9.47 Å². The minimum absolute atomic E-state index is 0.549. The third-order valence-corrected chi connectivity index (χ3v) is 9.80. The average molecular weight is 327 g/mol. The summed E-state index contributed by atoms with van der Waals surface area (Å²) in [6, 6.07) is 0. The normalized spacial score (nSPS) is 15.3. The molecule has 0 radical (unpaired) electrons. The van der Waals surface area contributed by atoms with Gasteiger partial charge in [0.15, 0.2) is 0 Å². The standard InChI is InChI=1S/C12H30O2S2Si2/c1-13-11(17(3)4)7-9-15-16-10-8-12(14-2)18(5)6/h11-12,17-18H,7-10H2,1-6H3. The van der Waals surface area contributed by atoms with Crippen LogP contribution in [0.2, 0.25) is 26.2 Å². The SMILES string of the molecule is COC(CCSSCCC(OC)[SiH](C)C)[SiH](C)C. The van der Waals surface area contributed by atoms with Crippen LogP contribution in [0.4, 0.5) is 0 Å². The number of rotatable bonds is 11. The summed E-state index contributed by atoms with van der Waals surface area (Å²) in [5.41, 5.74) is 1.10. The van der Waals surface area contributed by atoms with Gasteiger partial charge in [0.25, 0.3) is 0 Å². The molecular weight excluding hydrogens is 296 g/mol. The van der Waals surface area contributed by atoms with E-state index in [0.717, 1.165) is 0 Å². The van der Waals surface area contributed by atoms with Gasteiger partial charge in [-0.25, -0.2) is 0 Å². The van der Waals surface area contributed by atoms with Crippen molar-refractivity contribution in [3.63, 3.8) is 0 Å². The predicted octanol–water partition coefficient (Wildman–Crippen LogP) is 3.23. The monoisotopic (exact) mass is 326 g/mol. The molecule has 0 aliphatic heterocycles. The van der Waals surface area contributed by atoms with E-state index in [1.165, 1.54) is 24.3 Å². The lowest BCUT2D eigenvalue weighted by atomic mass is 10.5. The molecule has 110 valence electrons. The number of hydrogen-bond donors (Lipinski definition) is 0. The van der Waals surface area contributed by atoms with E-state index in [0.29, 0.717) is 11.5 Å². The topological polar surface area (TPSA) is 18.5 Å². The van der Waals surface area contributed by atoms with Crippen molar-refractivity contribution in [3.05, 3.63) is 0 Å². The van der Waals surface area contributed by atoms with Crippen LogP contribution in [0.15, 0.2) is 0 Å². The fraction of sp³-hybridized carbons (Fsp3) is 1.00. The Morgan fingerprint density at radius 1 is 0.778 bits per heavy atom. The lowest BCUT2D eigenvalue weighted by Gasteiger charge is -2.18. The van der Waals surface area contributed by atoms with Gasteiger partial charge in [-0.15, -0.1) is 0 Å². The molecule has 0 bridgehead atoms. The number of methoxy groups -OCH3 is 2. The van der Waals surface area contributed by atoms with Crippen molar-refractivity contribution >= 4 is 39.2 Å². The maximum absolute atomic E-state index is 5.53.